The van der Waals surface area contributed by atoms with Gasteiger partial charge in [0.25, 0.3) is 0 Å². The highest BCUT2D eigenvalue weighted by Crippen LogP contribution is 2.08. The van der Waals surface area contributed by atoms with Crippen molar-refractivity contribution in [2.75, 3.05) is 0 Å². The van der Waals surface area contributed by atoms with Crippen LogP contribution in [0.15, 0.2) is 0 Å². The van der Waals surface area contributed by atoms with Crippen molar-refractivity contribution in [1.29, 1.82) is 0 Å². The van der Waals surface area contributed by atoms with Crippen molar-refractivity contribution in [3.05, 3.63) is 0 Å². The Morgan fingerprint density at radius 3 is 2.67 bits per heavy atom. The van der Waals surface area contributed by atoms with Crippen molar-refractivity contribution < 1.29 is 9.59 Å². The molecule has 0 aromatic rings. The van der Waals surface area contributed by atoms with E-state index in [4.69, 9.17) is 11.6 Å². The summed E-state index contributed by atoms with van der Waals surface area (Å²) < 4.78 is 0. The average Bonchev–Trinajstić information content (AvgIpc) is 2.14. The first kappa shape index (κ1) is 6.55. The maximum absolute atomic E-state index is 10.4. The lowest BCUT2D eigenvalue weighted by Crippen LogP contribution is -2.29. The molecule has 0 bridgehead atoms. The Bertz CT molecular complexity index is 157. The molecule has 1 amide bonds. The first-order valence-electron chi connectivity index (χ1n) is 2.69. The minimum atomic E-state index is -0.471. The molecule has 1 saturated heterocycles. The van der Waals surface area contributed by atoms with Gasteiger partial charge in [-0.1, -0.05) is 0 Å². The minimum Gasteiger partial charge on any atom is -0.345 e. The third-order valence-electron chi connectivity index (χ3n) is 1.27. The zero-order valence-corrected chi connectivity index (χ0v) is 5.44. The number of nitrogens with one attached hydrogen (secondary N) is 1. The molecule has 1 fully saturated rings. The fourth-order valence-electron chi connectivity index (χ4n) is 0.784. The Morgan fingerprint density at radius 2 is 2.44 bits per heavy atom. The van der Waals surface area contributed by atoms with Gasteiger partial charge in [0.1, 0.15) is 6.04 Å². The van der Waals surface area contributed by atoms with Gasteiger partial charge in [-0.05, 0) is 18.0 Å². The number of hydrogen-bond donors (Lipinski definition) is 1. The minimum absolute atomic E-state index is 0.0889. The van der Waals surface area contributed by atoms with Crippen LogP contribution in [0.4, 0.5) is 0 Å². The van der Waals surface area contributed by atoms with Crippen molar-refractivity contribution in [2.24, 2.45) is 0 Å². The Kier molecular flexibility index (Phi) is 1.71. The summed E-state index contributed by atoms with van der Waals surface area (Å²) in [6, 6.07) is -0.431. The number of carbonyl (C=O) groups is 2. The molecule has 9 heavy (non-hydrogen) atoms. The van der Waals surface area contributed by atoms with Gasteiger partial charge in [0.15, 0.2) is 0 Å². The molecule has 1 N–H and O–H groups in total. The maximum atomic E-state index is 10.4. The lowest BCUT2D eigenvalue weighted by molar-refractivity contribution is -0.121. The van der Waals surface area contributed by atoms with E-state index < -0.39 is 11.3 Å². The molecule has 1 atom stereocenters. The van der Waals surface area contributed by atoms with Gasteiger partial charge in [0, 0.05) is 6.42 Å². The highest BCUT2D eigenvalue weighted by atomic mass is 35.5. The quantitative estimate of drug-likeness (QED) is 0.532. The highest BCUT2D eigenvalue weighted by molar-refractivity contribution is 6.65. The molecule has 3 nitrogen and oxygen atoms in total. The molecular formula is C5H6ClNO2. The molecule has 0 saturated carbocycles. The van der Waals surface area contributed by atoms with Crippen LogP contribution in [0.5, 0.6) is 0 Å². The van der Waals surface area contributed by atoms with E-state index in [1.165, 1.54) is 0 Å². The van der Waals surface area contributed by atoms with Gasteiger partial charge in [0.05, 0.1) is 0 Å². The molecule has 1 rings (SSSR count). The second-order valence-corrected chi connectivity index (χ2v) is 2.34. The molecule has 0 radical (unpaired) electrons. The lowest BCUT2D eigenvalue weighted by Gasteiger charge is -1.99. The van der Waals surface area contributed by atoms with E-state index in [-0.39, 0.29) is 5.91 Å². The van der Waals surface area contributed by atoms with E-state index in [1.54, 1.807) is 0 Å². The zero-order valence-electron chi connectivity index (χ0n) is 4.69. The van der Waals surface area contributed by atoms with Crippen LogP contribution in [0.2, 0.25) is 0 Å². The fraction of sp³-hybridized carbons (Fsp3) is 0.600. The van der Waals surface area contributed by atoms with Crippen LogP contribution in [-0.2, 0) is 9.59 Å². The van der Waals surface area contributed by atoms with Crippen LogP contribution >= 0.6 is 11.6 Å². The SMILES string of the molecule is O=C1CCC(C(=O)Cl)N1. The van der Waals surface area contributed by atoms with E-state index in [9.17, 15) is 9.59 Å². The summed E-state index contributed by atoms with van der Waals surface area (Å²) in [6.07, 6.45) is 0.963. The number of amides is 1. The van der Waals surface area contributed by atoms with Crippen LogP contribution in [0, 0.1) is 0 Å². The summed E-state index contributed by atoms with van der Waals surface area (Å²) >= 11 is 5.10. The van der Waals surface area contributed by atoms with Gasteiger partial charge in [0.2, 0.25) is 11.1 Å². The van der Waals surface area contributed by atoms with Gasteiger partial charge in [-0.2, -0.15) is 0 Å². The number of carbonyl (C=O) groups excluding carboxylic acids is 2. The van der Waals surface area contributed by atoms with E-state index in [0.29, 0.717) is 12.8 Å². The summed E-state index contributed by atoms with van der Waals surface area (Å²) in [5.41, 5.74) is 0. The first-order valence-corrected chi connectivity index (χ1v) is 3.06. The molecule has 4 heteroatoms. The van der Waals surface area contributed by atoms with Crippen LogP contribution in [0.3, 0.4) is 0 Å². The lowest BCUT2D eigenvalue weighted by atomic mass is 10.2. The molecule has 1 heterocycles. The van der Waals surface area contributed by atoms with Crippen LogP contribution in [0.1, 0.15) is 12.8 Å². The van der Waals surface area contributed by atoms with Gasteiger partial charge in [-0.15, -0.1) is 0 Å². The monoisotopic (exact) mass is 147 g/mol. The van der Waals surface area contributed by atoms with Crippen LogP contribution in [0.25, 0.3) is 0 Å². The molecule has 1 aliphatic heterocycles. The summed E-state index contributed by atoms with van der Waals surface area (Å²) in [6.45, 7) is 0. The van der Waals surface area contributed by atoms with Gasteiger partial charge >= 0.3 is 0 Å². The Morgan fingerprint density at radius 1 is 1.78 bits per heavy atom. The summed E-state index contributed by atoms with van der Waals surface area (Å²) in [4.78, 5) is 20.8. The van der Waals surface area contributed by atoms with Crippen molar-refractivity contribution in [1.82, 2.24) is 5.32 Å². The molecule has 0 spiro atoms. The molecule has 0 aliphatic carbocycles. The van der Waals surface area contributed by atoms with Crippen LogP contribution in [-0.4, -0.2) is 17.2 Å². The van der Waals surface area contributed by atoms with Crippen molar-refractivity contribution >= 4 is 22.8 Å². The largest absolute Gasteiger partial charge is 0.345 e. The fourth-order valence-corrected chi connectivity index (χ4v) is 0.948. The first-order chi connectivity index (χ1) is 4.20. The Labute approximate surface area is 57.4 Å². The third kappa shape index (κ3) is 1.42. The standard InChI is InChI=1S/C5H6ClNO2/c6-5(9)3-1-2-4(8)7-3/h3H,1-2H2,(H,7,8). The molecule has 1 unspecified atom stereocenters. The number of rotatable bonds is 1. The number of hydrogen-bond acceptors (Lipinski definition) is 2. The normalized spacial score (nSPS) is 25.9. The second kappa shape index (κ2) is 2.35. The molecule has 0 aromatic heterocycles. The summed E-state index contributed by atoms with van der Waals surface area (Å²) in [5, 5.41) is 1.96. The zero-order chi connectivity index (χ0) is 6.85. The predicted octanol–water partition coefficient (Wildman–Crippen LogP) is 0.0304. The molecule has 0 aromatic carbocycles. The van der Waals surface area contributed by atoms with Crippen molar-refractivity contribution in [3.8, 4) is 0 Å². The topological polar surface area (TPSA) is 46.2 Å². The summed E-state index contributed by atoms with van der Waals surface area (Å²) in [7, 11) is 0. The molecular weight excluding hydrogens is 142 g/mol. The average molecular weight is 148 g/mol. The molecule has 50 valence electrons. The van der Waals surface area contributed by atoms with E-state index >= 15 is 0 Å². The van der Waals surface area contributed by atoms with Crippen LogP contribution < -0.4 is 5.32 Å². The Hall–Kier alpha value is -0.570. The van der Waals surface area contributed by atoms with Crippen molar-refractivity contribution in [3.63, 3.8) is 0 Å². The third-order valence-corrected chi connectivity index (χ3v) is 1.53. The van der Waals surface area contributed by atoms with Gasteiger partial charge in [-0.3, -0.25) is 9.59 Å². The van der Waals surface area contributed by atoms with E-state index in [0.717, 1.165) is 0 Å². The predicted molar refractivity (Wildman–Crippen MR) is 32.0 cm³/mol. The highest BCUT2D eigenvalue weighted by Gasteiger charge is 2.25. The number of halogens is 1. The Balaban J connectivity index is 2.48. The van der Waals surface area contributed by atoms with Crippen molar-refractivity contribution in [2.45, 2.75) is 18.9 Å². The maximum Gasteiger partial charge on any atom is 0.244 e. The van der Waals surface area contributed by atoms with E-state index in [1.807, 2.05) is 0 Å². The summed E-state index contributed by atoms with van der Waals surface area (Å²) in [5.74, 6) is -0.0889. The second-order valence-electron chi connectivity index (χ2n) is 1.96. The van der Waals surface area contributed by atoms with Gasteiger partial charge < -0.3 is 5.32 Å². The molecule has 1 aliphatic rings. The van der Waals surface area contributed by atoms with E-state index in [2.05, 4.69) is 5.32 Å². The smallest absolute Gasteiger partial charge is 0.244 e. The van der Waals surface area contributed by atoms with Gasteiger partial charge in [-0.25, -0.2) is 0 Å².